The number of imide groups is 1. The summed E-state index contributed by atoms with van der Waals surface area (Å²) in [6, 6.07) is 13.9. The fourth-order valence-electron chi connectivity index (χ4n) is 3.60. The minimum atomic E-state index is -0.305. The zero-order chi connectivity index (χ0) is 15.6. The van der Waals surface area contributed by atoms with Gasteiger partial charge in [0, 0.05) is 24.2 Å². The number of anilines is 1. The molecule has 1 fully saturated rings. The summed E-state index contributed by atoms with van der Waals surface area (Å²) < 4.78 is 0. The maximum Gasteiger partial charge on any atom is 0.259 e. The van der Waals surface area contributed by atoms with E-state index in [9.17, 15) is 9.59 Å². The van der Waals surface area contributed by atoms with Crippen molar-refractivity contribution in [3.8, 4) is 0 Å². The van der Waals surface area contributed by atoms with Crippen LogP contribution >= 0.6 is 0 Å². The summed E-state index contributed by atoms with van der Waals surface area (Å²) in [6.07, 6.45) is 1.18. The number of rotatable bonds is 1. The van der Waals surface area contributed by atoms with Crippen LogP contribution in [-0.4, -0.2) is 24.9 Å². The lowest BCUT2D eigenvalue weighted by molar-refractivity contribution is 0.0846. The fraction of sp³-hybridized carbons (Fsp3) is 0.158. The smallest absolute Gasteiger partial charge is 0.259 e. The molecule has 2 aliphatic rings. The van der Waals surface area contributed by atoms with Crippen LogP contribution in [0, 0.1) is 0 Å². The van der Waals surface area contributed by atoms with Crippen molar-refractivity contribution >= 4 is 39.0 Å². The van der Waals surface area contributed by atoms with E-state index in [-0.39, 0.29) is 11.8 Å². The van der Waals surface area contributed by atoms with Crippen LogP contribution in [0.4, 0.5) is 5.69 Å². The third kappa shape index (κ3) is 1.66. The predicted octanol–water partition coefficient (Wildman–Crippen LogP) is 3.09. The molecular formula is C19H14N2O2. The SMILES string of the molecule is O=C1NC(=O)c2c3ccccc3cc3cc(N4CCC4)cc1c23. The second kappa shape index (κ2) is 4.32. The highest BCUT2D eigenvalue weighted by Gasteiger charge is 2.28. The van der Waals surface area contributed by atoms with Crippen LogP contribution in [0.1, 0.15) is 27.1 Å². The standard InChI is InChI=1S/C19H14N2O2/c22-18-15-10-13(21-6-3-7-21)9-12-8-11-4-1-2-5-14(11)17(16(12)15)19(23)20-18/h1-2,4-5,8-10H,3,6-7H2,(H,20,22,23). The normalized spacial score (nSPS) is 16.6. The second-order valence-corrected chi connectivity index (χ2v) is 6.19. The largest absolute Gasteiger partial charge is 0.371 e. The minimum absolute atomic E-state index is 0.301. The molecule has 2 amide bonds. The van der Waals surface area contributed by atoms with Crippen LogP contribution in [0.15, 0.2) is 42.5 Å². The molecule has 0 atom stereocenters. The Kier molecular flexibility index (Phi) is 2.37. The maximum atomic E-state index is 12.4. The Labute approximate surface area is 132 Å². The van der Waals surface area contributed by atoms with Gasteiger partial charge < -0.3 is 4.90 Å². The number of nitrogens with one attached hydrogen (secondary N) is 1. The summed E-state index contributed by atoms with van der Waals surface area (Å²) in [7, 11) is 0. The van der Waals surface area contributed by atoms with Crippen LogP contribution in [-0.2, 0) is 0 Å². The van der Waals surface area contributed by atoms with Crippen LogP contribution in [0.25, 0.3) is 21.5 Å². The van der Waals surface area contributed by atoms with Crippen molar-refractivity contribution in [2.24, 2.45) is 0 Å². The first-order valence-electron chi connectivity index (χ1n) is 7.82. The van der Waals surface area contributed by atoms with Crippen molar-refractivity contribution in [1.82, 2.24) is 5.32 Å². The molecule has 4 nitrogen and oxygen atoms in total. The van der Waals surface area contributed by atoms with Crippen molar-refractivity contribution in [2.45, 2.75) is 6.42 Å². The molecule has 0 unspecified atom stereocenters. The molecule has 1 saturated heterocycles. The molecular weight excluding hydrogens is 288 g/mol. The van der Waals surface area contributed by atoms with E-state index in [4.69, 9.17) is 0 Å². The summed E-state index contributed by atoms with van der Waals surface area (Å²) in [4.78, 5) is 27.0. The fourth-order valence-corrected chi connectivity index (χ4v) is 3.60. The third-order valence-corrected chi connectivity index (χ3v) is 4.86. The van der Waals surface area contributed by atoms with Crippen LogP contribution < -0.4 is 10.2 Å². The first-order valence-corrected chi connectivity index (χ1v) is 7.82. The van der Waals surface area contributed by atoms with Gasteiger partial charge >= 0.3 is 0 Å². The highest BCUT2D eigenvalue weighted by molar-refractivity contribution is 6.30. The molecule has 0 aliphatic carbocycles. The number of hydrogen-bond acceptors (Lipinski definition) is 3. The van der Waals surface area contributed by atoms with Crippen molar-refractivity contribution in [1.29, 1.82) is 0 Å². The van der Waals surface area contributed by atoms with Gasteiger partial charge in [-0.2, -0.15) is 0 Å². The number of carbonyl (C=O) groups is 2. The Hall–Kier alpha value is -2.88. The van der Waals surface area contributed by atoms with Gasteiger partial charge in [-0.1, -0.05) is 24.3 Å². The minimum Gasteiger partial charge on any atom is -0.371 e. The highest BCUT2D eigenvalue weighted by Crippen LogP contribution is 2.36. The lowest BCUT2D eigenvalue weighted by atomic mass is 9.89. The van der Waals surface area contributed by atoms with E-state index < -0.39 is 0 Å². The first-order chi connectivity index (χ1) is 11.2. The molecule has 0 aromatic heterocycles. The summed E-state index contributed by atoms with van der Waals surface area (Å²) >= 11 is 0. The lowest BCUT2D eigenvalue weighted by Crippen LogP contribution is -2.38. The van der Waals surface area contributed by atoms with E-state index in [2.05, 4.69) is 22.3 Å². The van der Waals surface area contributed by atoms with Gasteiger partial charge in [-0.3, -0.25) is 14.9 Å². The van der Waals surface area contributed by atoms with E-state index in [1.165, 1.54) is 6.42 Å². The average Bonchev–Trinajstić information content (AvgIpc) is 2.49. The van der Waals surface area contributed by atoms with Gasteiger partial charge in [0.25, 0.3) is 11.8 Å². The number of fused-ring (bicyclic) bond motifs is 2. The molecule has 0 radical (unpaired) electrons. The number of nitrogens with zero attached hydrogens (tertiary/aromatic N) is 1. The van der Waals surface area contributed by atoms with Crippen molar-refractivity contribution in [3.63, 3.8) is 0 Å². The zero-order valence-electron chi connectivity index (χ0n) is 12.4. The van der Waals surface area contributed by atoms with Gasteiger partial charge in [-0.25, -0.2) is 0 Å². The van der Waals surface area contributed by atoms with Gasteiger partial charge in [0.1, 0.15) is 0 Å². The Morgan fingerprint density at radius 1 is 0.913 bits per heavy atom. The molecule has 2 heterocycles. The van der Waals surface area contributed by atoms with Gasteiger partial charge in [0.05, 0.1) is 11.1 Å². The molecule has 0 spiro atoms. The Morgan fingerprint density at radius 3 is 2.52 bits per heavy atom. The monoisotopic (exact) mass is 302 g/mol. The molecule has 112 valence electrons. The molecule has 2 aliphatic heterocycles. The highest BCUT2D eigenvalue weighted by atomic mass is 16.2. The number of hydrogen-bond donors (Lipinski definition) is 1. The summed E-state index contributed by atoms with van der Waals surface area (Å²) in [6.45, 7) is 2.04. The zero-order valence-corrected chi connectivity index (χ0v) is 12.4. The van der Waals surface area contributed by atoms with E-state index in [0.717, 1.165) is 40.3 Å². The topological polar surface area (TPSA) is 49.4 Å². The second-order valence-electron chi connectivity index (χ2n) is 6.19. The molecule has 23 heavy (non-hydrogen) atoms. The van der Waals surface area contributed by atoms with Gasteiger partial charge in [0.2, 0.25) is 0 Å². The molecule has 3 aromatic carbocycles. The molecule has 0 bridgehead atoms. The summed E-state index contributed by atoms with van der Waals surface area (Å²) in [5.41, 5.74) is 2.28. The molecule has 0 saturated carbocycles. The third-order valence-electron chi connectivity index (χ3n) is 4.86. The predicted molar refractivity (Wildman–Crippen MR) is 90.1 cm³/mol. The van der Waals surface area contributed by atoms with Crippen molar-refractivity contribution in [3.05, 3.63) is 53.6 Å². The quantitative estimate of drug-likeness (QED) is 0.555. The van der Waals surface area contributed by atoms with Gasteiger partial charge in [-0.05, 0) is 40.8 Å². The Balaban J connectivity index is 1.95. The lowest BCUT2D eigenvalue weighted by Gasteiger charge is -2.34. The van der Waals surface area contributed by atoms with Crippen LogP contribution in [0.2, 0.25) is 0 Å². The number of amides is 2. The van der Waals surface area contributed by atoms with E-state index in [1.807, 2.05) is 30.3 Å². The average molecular weight is 302 g/mol. The summed E-state index contributed by atoms with van der Waals surface area (Å²) in [5.74, 6) is -0.605. The van der Waals surface area contributed by atoms with E-state index in [1.54, 1.807) is 0 Å². The molecule has 1 N–H and O–H groups in total. The Bertz CT molecular complexity index is 1020. The first kappa shape index (κ1) is 12.6. The maximum absolute atomic E-state index is 12.4. The summed E-state index contributed by atoms with van der Waals surface area (Å²) in [5, 5.41) is 6.14. The van der Waals surface area contributed by atoms with Crippen LogP contribution in [0.3, 0.4) is 0 Å². The van der Waals surface area contributed by atoms with Gasteiger partial charge in [0.15, 0.2) is 0 Å². The molecule has 5 rings (SSSR count). The van der Waals surface area contributed by atoms with E-state index >= 15 is 0 Å². The molecule has 4 heteroatoms. The number of benzene rings is 3. The van der Waals surface area contributed by atoms with Crippen molar-refractivity contribution < 1.29 is 9.59 Å². The number of carbonyl (C=O) groups excluding carboxylic acids is 2. The Morgan fingerprint density at radius 2 is 1.74 bits per heavy atom. The van der Waals surface area contributed by atoms with E-state index in [0.29, 0.717) is 11.1 Å². The molecule has 3 aromatic rings. The van der Waals surface area contributed by atoms with Gasteiger partial charge in [-0.15, -0.1) is 0 Å². The van der Waals surface area contributed by atoms with Crippen molar-refractivity contribution in [2.75, 3.05) is 18.0 Å². The van der Waals surface area contributed by atoms with Crippen LogP contribution in [0.5, 0.6) is 0 Å².